The number of hydrogen-bond acceptors (Lipinski definition) is 8. The van der Waals surface area contributed by atoms with Gasteiger partial charge in [-0.3, -0.25) is 19.7 Å². The highest BCUT2D eigenvalue weighted by molar-refractivity contribution is 5.91. The average molecular weight is 345 g/mol. The molecule has 136 valence electrons. The zero-order chi connectivity index (χ0) is 18.5. The van der Waals surface area contributed by atoms with Gasteiger partial charge in [-0.15, -0.1) is 0 Å². The molecule has 1 saturated heterocycles. The first-order valence-electron chi connectivity index (χ1n) is 7.75. The number of aliphatic hydroxyl groups is 2. The van der Waals surface area contributed by atoms with Crippen molar-refractivity contribution in [3.05, 3.63) is 10.1 Å². The van der Waals surface area contributed by atoms with Crippen LogP contribution in [0.25, 0.3) is 0 Å². The second-order valence-corrected chi connectivity index (χ2v) is 7.18. The Bertz CT molecular complexity index is 546. The van der Waals surface area contributed by atoms with Crippen molar-refractivity contribution in [1.82, 2.24) is 0 Å². The first kappa shape index (κ1) is 18.9. The fourth-order valence-corrected chi connectivity index (χ4v) is 3.72. The summed E-state index contributed by atoms with van der Waals surface area (Å²) in [6.45, 7) is 5.53. The van der Waals surface area contributed by atoms with Gasteiger partial charge in [-0.2, -0.15) is 0 Å². The molecular weight excluding hydrogens is 322 g/mol. The number of Topliss-reactive ketones (excluding diaryl/α,β-unsaturated/α-hetero) is 2. The van der Waals surface area contributed by atoms with Gasteiger partial charge < -0.3 is 19.7 Å². The maximum atomic E-state index is 12.0. The van der Waals surface area contributed by atoms with Gasteiger partial charge >= 0.3 is 0 Å². The molecule has 2 fully saturated rings. The summed E-state index contributed by atoms with van der Waals surface area (Å²) in [6.07, 6.45) is -1.16. The predicted molar refractivity (Wildman–Crippen MR) is 79.7 cm³/mol. The topological polar surface area (TPSA) is 136 Å². The monoisotopic (exact) mass is 345 g/mol. The first-order valence-corrected chi connectivity index (χ1v) is 7.75. The van der Waals surface area contributed by atoms with Crippen molar-refractivity contribution in [3.8, 4) is 0 Å². The Hall–Kier alpha value is -1.42. The molecule has 9 nitrogen and oxygen atoms in total. The van der Waals surface area contributed by atoms with E-state index in [4.69, 9.17) is 9.47 Å². The Labute approximate surface area is 139 Å². The Morgan fingerprint density at radius 1 is 1.12 bits per heavy atom. The second-order valence-electron chi connectivity index (χ2n) is 7.18. The standard InChI is InChI=1S/C15H23NO8/c1-8(17)14(19)5-10(11-7-23-13(3,4)24-11)6-15(20,9(2)18)12(14)16(21)22/h10-12,19-20H,5-7H2,1-4H3/t10?,11-,12-,14+,15-/m1/s1. The van der Waals surface area contributed by atoms with E-state index in [1.807, 2.05) is 0 Å². The number of hydrogen-bond donors (Lipinski definition) is 2. The molecule has 0 spiro atoms. The molecule has 0 amide bonds. The summed E-state index contributed by atoms with van der Waals surface area (Å²) in [6, 6.07) is -2.12. The lowest BCUT2D eigenvalue weighted by molar-refractivity contribution is -0.565. The smallest absolute Gasteiger partial charge is 0.283 e. The van der Waals surface area contributed by atoms with E-state index in [9.17, 15) is 29.9 Å². The SMILES string of the molecule is CC(=O)[C@]1(O)CC([C@H]2COC(C)(C)O2)C[C@](O)(C(C)=O)[C@H]1[N+](=O)[O-]. The molecule has 2 rings (SSSR count). The maximum absolute atomic E-state index is 12.0. The van der Waals surface area contributed by atoms with Crippen LogP contribution < -0.4 is 0 Å². The lowest BCUT2D eigenvalue weighted by atomic mass is 9.62. The van der Waals surface area contributed by atoms with Gasteiger partial charge in [0.05, 0.1) is 12.7 Å². The summed E-state index contributed by atoms with van der Waals surface area (Å²) in [5, 5.41) is 32.9. The van der Waals surface area contributed by atoms with Crippen LogP contribution in [0.4, 0.5) is 0 Å². The molecule has 0 aromatic carbocycles. The van der Waals surface area contributed by atoms with Gasteiger partial charge in [0.25, 0.3) is 6.04 Å². The zero-order valence-electron chi connectivity index (χ0n) is 14.1. The molecule has 0 bridgehead atoms. The van der Waals surface area contributed by atoms with E-state index >= 15 is 0 Å². The van der Waals surface area contributed by atoms with Crippen LogP contribution in [0.5, 0.6) is 0 Å². The van der Waals surface area contributed by atoms with Gasteiger partial charge in [-0.05, 0) is 46.5 Å². The van der Waals surface area contributed by atoms with Crippen LogP contribution in [0.15, 0.2) is 0 Å². The number of nitrogens with zero attached hydrogens (tertiary/aromatic N) is 1. The minimum atomic E-state index is -2.46. The van der Waals surface area contributed by atoms with Crippen molar-refractivity contribution in [2.45, 2.75) is 69.7 Å². The van der Waals surface area contributed by atoms with Crippen LogP contribution in [-0.4, -0.2) is 62.4 Å². The van der Waals surface area contributed by atoms with E-state index < -0.39 is 51.5 Å². The average Bonchev–Trinajstić information content (AvgIpc) is 2.77. The Balaban J connectivity index is 2.45. The summed E-state index contributed by atoms with van der Waals surface area (Å²) in [4.78, 5) is 34.5. The third-order valence-corrected chi connectivity index (χ3v) is 5.04. The first-order chi connectivity index (χ1) is 10.8. The molecule has 0 aromatic rings. The quantitative estimate of drug-likeness (QED) is 0.529. The molecule has 9 heteroatoms. The highest BCUT2D eigenvalue weighted by Crippen LogP contribution is 2.45. The highest BCUT2D eigenvalue weighted by atomic mass is 16.7. The summed E-state index contributed by atoms with van der Waals surface area (Å²) >= 11 is 0. The van der Waals surface area contributed by atoms with Crippen molar-refractivity contribution in [2.75, 3.05) is 6.61 Å². The number of nitro groups is 1. The summed E-state index contributed by atoms with van der Waals surface area (Å²) in [5.74, 6) is -3.27. The predicted octanol–water partition coefficient (Wildman–Crippen LogP) is -0.167. The lowest BCUT2D eigenvalue weighted by Crippen LogP contribution is -2.70. The summed E-state index contributed by atoms with van der Waals surface area (Å²) in [7, 11) is 0. The number of ether oxygens (including phenoxy) is 2. The van der Waals surface area contributed by atoms with Gasteiger partial charge in [0.2, 0.25) is 0 Å². The van der Waals surface area contributed by atoms with Gasteiger partial charge in [0.1, 0.15) is 0 Å². The molecule has 1 saturated carbocycles. The minimum Gasteiger partial charge on any atom is -0.376 e. The number of carbonyl (C=O) groups excluding carboxylic acids is 2. The molecule has 24 heavy (non-hydrogen) atoms. The number of ketones is 2. The van der Waals surface area contributed by atoms with Crippen molar-refractivity contribution in [1.29, 1.82) is 0 Å². The normalized spacial score (nSPS) is 41.8. The molecule has 2 aliphatic rings. The Kier molecular flexibility index (Phi) is 4.60. The molecular formula is C15H23NO8. The van der Waals surface area contributed by atoms with Crippen LogP contribution in [0.2, 0.25) is 0 Å². The zero-order valence-corrected chi connectivity index (χ0v) is 14.1. The summed E-state index contributed by atoms with van der Waals surface area (Å²) in [5.41, 5.74) is -4.91. The van der Waals surface area contributed by atoms with Crippen LogP contribution in [0, 0.1) is 16.0 Å². The molecule has 0 radical (unpaired) electrons. The van der Waals surface area contributed by atoms with Crippen LogP contribution in [0.1, 0.15) is 40.5 Å². The Morgan fingerprint density at radius 3 is 1.88 bits per heavy atom. The van der Waals surface area contributed by atoms with Gasteiger partial charge in [0.15, 0.2) is 28.6 Å². The van der Waals surface area contributed by atoms with Crippen LogP contribution in [-0.2, 0) is 19.1 Å². The van der Waals surface area contributed by atoms with Gasteiger partial charge in [-0.25, -0.2) is 0 Å². The second kappa shape index (κ2) is 5.83. The van der Waals surface area contributed by atoms with Gasteiger partial charge in [0, 0.05) is 4.92 Å². The molecule has 1 unspecified atom stereocenters. The van der Waals surface area contributed by atoms with Crippen molar-refractivity contribution in [3.63, 3.8) is 0 Å². The highest BCUT2D eigenvalue weighted by Gasteiger charge is 2.68. The number of rotatable bonds is 4. The molecule has 0 aromatic heterocycles. The Morgan fingerprint density at radius 2 is 1.58 bits per heavy atom. The molecule has 1 heterocycles. The third-order valence-electron chi connectivity index (χ3n) is 5.04. The maximum Gasteiger partial charge on any atom is 0.283 e. The van der Waals surface area contributed by atoms with Gasteiger partial charge in [-0.1, -0.05) is 0 Å². The van der Waals surface area contributed by atoms with Crippen molar-refractivity contribution in [2.24, 2.45) is 5.92 Å². The molecule has 1 aliphatic heterocycles. The molecule has 1 aliphatic carbocycles. The largest absolute Gasteiger partial charge is 0.376 e. The van der Waals surface area contributed by atoms with Crippen LogP contribution >= 0.6 is 0 Å². The van der Waals surface area contributed by atoms with E-state index in [1.165, 1.54) is 0 Å². The lowest BCUT2D eigenvalue weighted by Gasteiger charge is -2.45. The molecule has 2 N–H and O–H groups in total. The third kappa shape index (κ3) is 2.97. The minimum absolute atomic E-state index is 0.142. The van der Waals surface area contributed by atoms with E-state index in [2.05, 4.69) is 0 Å². The number of carbonyl (C=O) groups is 2. The fourth-order valence-electron chi connectivity index (χ4n) is 3.72. The summed E-state index contributed by atoms with van der Waals surface area (Å²) < 4.78 is 11.1. The van der Waals surface area contributed by atoms with E-state index in [0.717, 1.165) is 13.8 Å². The van der Waals surface area contributed by atoms with E-state index in [1.54, 1.807) is 13.8 Å². The van der Waals surface area contributed by atoms with Crippen molar-refractivity contribution >= 4 is 11.6 Å². The van der Waals surface area contributed by atoms with Crippen LogP contribution in [0.3, 0.4) is 0 Å². The van der Waals surface area contributed by atoms with E-state index in [-0.39, 0.29) is 19.4 Å². The van der Waals surface area contributed by atoms with E-state index in [0.29, 0.717) is 0 Å². The fraction of sp³-hybridized carbons (Fsp3) is 0.867. The van der Waals surface area contributed by atoms with Crippen molar-refractivity contribution < 1.29 is 34.2 Å². The molecule has 5 atom stereocenters.